The summed E-state index contributed by atoms with van der Waals surface area (Å²) in [5, 5.41) is 9.74. The van der Waals surface area contributed by atoms with E-state index in [1.54, 1.807) is 44.3 Å². The predicted molar refractivity (Wildman–Crippen MR) is 108 cm³/mol. The lowest BCUT2D eigenvalue weighted by molar-refractivity contribution is -0.137. The van der Waals surface area contributed by atoms with Gasteiger partial charge in [0, 0.05) is 24.1 Å². The molecule has 1 aromatic heterocycles. The van der Waals surface area contributed by atoms with Crippen molar-refractivity contribution in [3.05, 3.63) is 82.5 Å². The first-order chi connectivity index (χ1) is 14.7. The first-order valence-corrected chi connectivity index (χ1v) is 9.54. The van der Waals surface area contributed by atoms with E-state index in [0.29, 0.717) is 22.6 Å². The summed E-state index contributed by atoms with van der Waals surface area (Å²) in [6.07, 6.45) is -4.54. The highest BCUT2D eigenvalue weighted by molar-refractivity contribution is 6.03. The van der Waals surface area contributed by atoms with Crippen LogP contribution in [0.5, 0.6) is 0 Å². The second-order valence-electron chi connectivity index (χ2n) is 7.38. The number of fused-ring (bicyclic) bond motifs is 1. The molecule has 2 heterocycles. The number of nitrogens with one attached hydrogen (secondary N) is 2. The largest absolute Gasteiger partial charge is 0.416 e. The van der Waals surface area contributed by atoms with Crippen molar-refractivity contribution in [2.24, 2.45) is 7.05 Å². The average Bonchev–Trinajstić information content (AvgIpc) is 3.01. The van der Waals surface area contributed by atoms with Gasteiger partial charge < -0.3 is 10.6 Å². The fraction of sp³-hybridized carbons (Fsp3) is 0.227. The highest BCUT2D eigenvalue weighted by atomic mass is 19.4. The zero-order valence-corrected chi connectivity index (χ0v) is 16.7. The van der Waals surface area contributed by atoms with E-state index in [1.165, 1.54) is 16.8 Å². The van der Waals surface area contributed by atoms with Crippen LogP contribution in [0.3, 0.4) is 0 Å². The standard InChI is InChI=1S/C22H19F3N4O2/c1-12-16-17(14-9-6-10-15(11-14)22(23,24)25)18(21(31)27-19(16)29(2)28-12)26-20(30)13-7-4-3-5-8-13/h3-11,17-18H,1-2H3,(H,26,30)(H,27,31)/t17-,18+/m1/s1. The van der Waals surface area contributed by atoms with Crippen LogP contribution >= 0.6 is 0 Å². The predicted octanol–water partition coefficient (Wildman–Crippen LogP) is 3.63. The third kappa shape index (κ3) is 3.78. The second-order valence-corrected chi connectivity index (χ2v) is 7.38. The van der Waals surface area contributed by atoms with Crippen LogP contribution in [0.1, 0.15) is 38.7 Å². The SMILES string of the molecule is Cc1nn(C)c2c1[C@@H](c1cccc(C(F)(F)F)c1)[C@H](NC(=O)c1ccccc1)C(=O)N2. The number of carbonyl (C=O) groups excluding carboxylic acids is 2. The molecule has 0 bridgehead atoms. The number of hydrogen-bond donors (Lipinski definition) is 2. The number of hydrogen-bond acceptors (Lipinski definition) is 3. The molecule has 0 fully saturated rings. The zero-order valence-electron chi connectivity index (χ0n) is 16.7. The third-order valence-corrected chi connectivity index (χ3v) is 5.33. The quantitative estimate of drug-likeness (QED) is 0.669. The highest BCUT2D eigenvalue weighted by Gasteiger charge is 2.42. The number of anilines is 1. The van der Waals surface area contributed by atoms with Gasteiger partial charge in [-0.25, -0.2) is 0 Å². The van der Waals surface area contributed by atoms with Crippen LogP contribution in [0.25, 0.3) is 0 Å². The van der Waals surface area contributed by atoms with Gasteiger partial charge in [0.05, 0.1) is 11.3 Å². The number of alkyl halides is 3. The summed E-state index contributed by atoms with van der Waals surface area (Å²) in [4.78, 5) is 25.7. The Morgan fingerprint density at radius 1 is 1.13 bits per heavy atom. The van der Waals surface area contributed by atoms with Crippen molar-refractivity contribution in [2.45, 2.75) is 25.1 Å². The molecule has 4 rings (SSSR count). The maximum atomic E-state index is 13.4. The molecule has 0 saturated carbocycles. The first kappa shape index (κ1) is 20.6. The molecule has 0 unspecified atom stereocenters. The van der Waals surface area contributed by atoms with Crippen LogP contribution in [-0.2, 0) is 18.0 Å². The molecule has 6 nitrogen and oxygen atoms in total. The van der Waals surface area contributed by atoms with E-state index in [2.05, 4.69) is 15.7 Å². The Hall–Kier alpha value is -3.62. The van der Waals surface area contributed by atoms with Gasteiger partial charge in [0.2, 0.25) is 5.91 Å². The summed E-state index contributed by atoms with van der Waals surface area (Å²) >= 11 is 0. The molecule has 0 aliphatic carbocycles. The topological polar surface area (TPSA) is 76.0 Å². The second kappa shape index (κ2) is 7.57. The molecule has 2 atom stereocenters. The lowest BCUT2D eigenvalue weighted by Crippen LogP contribution is -2.50. The zero-order chi connectivity index (χ0) is 22.3. The molecule has 2 aromatic carbocycles. The third-order valence-electron chi connectivity index (χ3n) is 5.33. The van der Waals surface area contributed by atoms with Crippen molar-refractivity contribution in [1.82, 2.24) is 15.1 Å². The molecule has 3 aromatic rings. The number of aromatic nitrogens is 2. The van der Waals surface area contributed by atoms with Gasteiger partial charge in [0.25, 0.3) is 5.91 Å². The molecule has 1 aliphatic rings. The van der Waals surface area contributed by atoms with E-state index in [1.807, 2.05) is 0 Å². The smallest absolute Gasteiger partial charge is 0.339 e. The van der Waals surface area contributed by atoms with Crippen molar-refractivity contribution in [3.8, 4) is 0 Å². The van der Waals surface area contributed by atoms with E-state index in [9.17, 15) is 22.8 Å². The number of amides is 2. The summed E-state index contributed by atoms with van der Waals surface area (Å²) in [5.41, 5.74) is 0.901. The fourth-order valence-electron chi connectivity index (χ4n) is 3.94. The van der Waals surface area contributed by atoms with Crippen molar-refractivity contribution < 1.29 is 22.8 Å². The van der Waals surface area contributed by atoms with Gasteiger partial charge >= 0.3 is 6.18 Å². The Bertz CT molecular complexity index is 1160. The van der Waals surface area contributed by atoms with Gasteiger partial charge in [-0.15, -0.1) is 0 Å². The summed E-state index contributed by atoms with van der Waals surface area (Å²) < 4.78 is 41.5. The number of rotatable bonds is 3. The monoisotopic (exact) mass is 428 g/mol. The van der Waals surface area contributed by atoms with Crippen LogP contribution in [0, 0.1) is 6.92 Å². The van der Waals surface area contributed by atoms with Gasteiger partial charge in [-0.05, 0) is 30.7 Å². The Labute approximate surface area is 176 Å². The van der Waals surface area contributed by atoms with Crippen molar-refractivity contribution in [2.75, 3.05) is 5.32 Å². The number of carbonyl (C=O) groups is 2. The number of nitrogens with zero attached hydrogens (tertiary/aromatic N) is 2. The van der Waals surface area contributed by atoms with E-state index in [0.717, 1.165) is 12.1 Å². The lowest BCUT2D eigenvalue weighted by Gasteiger charge is -2.33. The Morgan fingerprint density at radius 2 is 1.84 bits per heavy atom. The summed E-state index contributed by atoms with van der Waals surface area (Å²) in [6.45, 7) is 1.72. The van der Waals surface area contributed by atoms with E-state index in [-0.39, 0.29) is 5.56 Å². The highest BCUT2D eigenvalue weighted by Crippen LogP contribution is 2.41. The maximum Gasteiger partial charge on any atom is 0.416 e. The first-order valence-electron chi connectivity index (χ1n) is 9.54. The van der Waals surface area contributed by atoms with Crippen LogP contribution in [0.4, 0.5) is 19.0 Å². The van der Waals surface area contributed by atoms with Gasteiger partial charge in [-0.3, -0.25) is 14.3 Å². The van der Waals surface area contributed by atoms with Gasteiger partial charge in [0.15, 0.2) is 0 Å². The minimum atomic E-state index is -4.54. The van der Waals surface area contributed by atoms with Gasteiger partial charge in [-0.1, -0.05) is 36.4 Å². The molecule has 2 amide bonds. The lowest BCUT2D eigenvalue weighted by atomic mass is 9.81. The van der Waals surface area contributed by atoms with Crippen molar-refractivity contribution in [1.29, 1.82) is 0 Å². The van der Waals surface area contributed by atoms with E-state index >= 15 is 0 Å². The average molecular weight is 428 g/mol. The Balaban J connectivity index is 1.82. The summed E-state index contributed by atoms with van der Waals surface area (Å²) in [7, 11) is 1.64. The maximum absolute atomic E-state index is 13.4. The summed E-state index contributed by atoms with van der Waals surface area (Å²) in [5.74, 6) is -1.47. The number of halogens is 3. The van der Waals surface area contributed by atoms with Crippen LogP contribution in [0.15, 0.2) is 54.6 Å². The van der Waals surface area contributed by atoms with E-state index in [4.69, 9.17) is 0 Å². The number of aryl methyl sites for hydroxylation is 2. The van der Waals surface area contributed by atoms with Crippen LogP contribution in [0.2, 0.25) is 0 Å². The molecule has 0 spiro atoms. The molecule has 0 saturated heterocycles. The molecular weight excluding hydrogens is 409 g/mol. The molecule has 31 heavy (non-hydrogen) atoms. The molecular formula is C22H19F3N4O2. The van der Waals surface area contributed by atoms with E-state index < -0.39 is 35.5 Å². The Morgan fingerprint density at radius 3 is 2.52 bits per heavy atom. The molecule has 160 valence electrons. The molecule has 2 N–H and O–H groups in total. The molecule has 9 heteroatoms. The van der Waals surface area contributed by atoms with Crippen molar-refractivity contribution >= 4 is 17.6 Å². The number of benzene rings is 2. The van der Waals surface area contributed by atoms with Gasteiger partial charge in [-0.2, -0.15) is 18.3 Å². The molecule has 1 aliphatic heterocycles. The van der Waals surface area contributed by atoms with Crippen LogP contribution < -0.4 is 10.6 Å². The minimum Gasteiger partial charge on any atom is -0.339 e. The fourth-order valence-corrected chi connectivity index (χ4v) is 3.94. The Kier molecular flexibility index (Phi) is 5.04. The normalized spacial score (nSPS) is 18.3. The van der Waals surface area contributed by atoms with Crippen molar-refractivity contribution in [3.63, 3.8) is 0 Å². The van der Waals surface area contributed by atoms with Crippen LogP contribution in [-0.4, -0.2) is 27.6 Å². The summed E-state index contributed by atoms with van der Waals surface area (Å²) in [6, 6.07) is 12.0. The minimum absolute atomic E-state index is 0.264. The van der Waals surface area contributed by atoms with Gasteiger partial charge in [0.1, 0.15) is 11.9 Å². The molecule has 0 radical (unpaired) electrons.